The van der Waals surface area contributed by atoms with Crippen molar-refractivity contribution in [2.75, 3.05) is 27.8 Å². The van der Waals surface area contributed by atoms with Gasteiger partial charge in [0.2, 0.25) is 0 Å². The molecule has 0 saturated heterocycles. The first-order valence-corrected chi connectivity index (χ1v) is 5.12. The molecule has 1 aromatic carbocycles. The lowest BCUT2D eigenvalue weighted by Crippen LogP contribution is -2.11. The maximum Gasteiger partial charge on any atom is 0.171 e. The van der Waals surface area contributed by atoms with E-state index in [4.69, 9.17) is 9.47 Å². The summed E-state index contributed by atoms with van der Waals surface area (Å²) < 4.78 is 10.5. The first-order valence-electron chi connectivity index (χ1n) is 5.12. The van der Waals surface area contributed by atoms with Gasteiger partial charge in [0.25, 0.3) is 0 Å². The van der Waals surface area contributed by atoms with Gasteiger partial charge in [-0.25, -0.2) is 0 Å². The molecule has 4 heteroatoms. The van der Waals surface area contributed by atoms with Crippen LogP contribution in [0.25, 0.3) is 0 Å². The zero-order valence-corrected chi connectivity index (χ0v) is 9.87. The van der Waals surface area contributed by atoms with Crippen LogP contribution >= 0.6 is 0 Å². The van der Waals surface area contributed by atoms with E-state index in [-0.39, 0.29) is 0 Å². The third kappa shape index (κ3) is 2.52. The quantitative estimate of drug-likeness (QED) is 0.738. The van der Waals surface area contributed by atoms with Gasteiger partial charge >= 0.3 is 0 Å². The minimum absolute atomic E-state index is 0.506. The van der Waals surface area contributed by atoms with Crippen molar-refractivity contribution in [1.82, 2.24) is 5.32 Å². The fourth-order valence-corrected chi connectivity index (χ4v) is 1.60. The van der Waals surface area contributed by atoms with Gasteiger partial charge in [-0.3, -0.25) is 4.79 Å². The zero-order chi connectivity index (χ0) is 12.0. The van der Waals surface area contributed by atoms with Crippen LogP contribution in [0, 0.1) is 0 Å². The van der Waals surface area contributed by atoms with Crippen LogP contribution in [0.5, 0.6) is 11.5 Å². The topological polar surface area (TPSA) is 47.6 Å². The predicted octanol–water partition coefficient (Wildman–Crippen LogP) is 1.28. The predicted molar refractivity (Wildman–Crippen MR) is 62.6 cm³/mol. The van der Waals surface area contributed by atoms with Crippen molar-refractivity contribution in [1.29, 1.82) is 0 Å². The molecule has 0 aliphatic heterocycles. The summed E-state index contributed by atoms with van der Waals surface area (Å²) in [6.07, 6.45) is 1.60. The summed E-state index contributed by atoms with van der Waals surface area (Å²) in [5, 5.41) is 3.07. The SMILES string of the molecule is CNCCc1ccc(C=O)c(OC)c1OC. The van der Waals surface area contributed by atoms with Gasteiger partial charge in [-0.15, -0.1) is 0 Å². The van der Waals surface area contributed by atoms with Crippen molar-refractivity contribution >= 4 is 6.29 Å². The van der Waals surface area contributed by atoms with Crippen LogP contribution < -0.4 is 14.8 Å². The summed E-state index contributed by atoms with van der Waals surface area (Å²) in [4.78, 5) is 10.8. The molecule has 1 aromatic rings. The summed E-state index contributed by atoms with van der Waals surface area (Å²) in [6, 6.07) is 3.64. The molecule has 1 rings (SSSR count). The molecular formula is C12H17NO3. The summed E-state index contributed by atoms with van der Waals surface area (Å²) in [5.41, 5.74) is 1.53. The van der Waals surface area contributed by atoms with E-state index in [0.29, 0.717) is 17.1 Å². The zero-order valence-electron chi connectivity index (χ0n) is 9.87. The molecule has 0 fully saturated rings. The Morgan fingerprint density at radius 2 is 1.94 bits per heavy atom. The van der Waals surface area contributed by atoms with Crippen LogP contribution in [0.1, 0.15) is 15.9 Å². The molecule has 0 aliphatic carbocycles. The molecule has 1 N–H and O–H groups in total. The Morgan fingerprint density at radius 3 is 2.44 bits per heavy atom. The number of carbonyl (C=O) groups excluding carboxylic acids is 1. The van der Waals surface area contributed by atoms with E-state index in [2.05, 4.69) is 5.32 Å². The van der Waals surface area contributed by atoms with E-state index in [1.807, 2.05) is 13.1 Å². The Hall–Kier alpha value is -1.55. The third-order valence-electron chi connectivity index (χ3n) is 2.40. The summed E-state index contributed by atoms with van der Waals surface area (Å²) in [7, 11) is 5.01. The molecule has 0 bridgehead atoms. The van der Waals surface area contributed by atoms with Crippen molar-refractivity contribution in [3.63, 3.8) is 0 Å². The van der Waals surface area contributed by atoms with Gasteiger partial charge in [0.15, 0.2) is 17.8 Å². The Bertz CT molecular complexity index is 364. The van der Waals surface area contributed by atoms with Crippen LogP contribution in [0.4, 0.5) is 0 Å². The minimum Gasteiger partial charge on any atom is -0.493 e. The van der Waals surface area contributed by atoms with Gasteiger partial charge in [-0.1, -0.05) is 6.07 Å². The van der Waals surface area contributed by atoms with Gasteiger partial charge in [0.1, 0.15) is 0 Å². The Labute approximate surface area is 95.6 Å². The third-order valence-corrected chi connectivity index (χ3v) is 2.40. The Balaban J connectivity index is 3.14. The maximum atomic E-state index is 10.8. The van der Waals surface area contributed by atoms with E-state index >= 15 is 0 Å². The van der Waals surface area contributed by atoms with Crippen LogP contribution in [0.3, 0.4) is 0 Å². The van der Waals surface area contributed by atoms with Crippen molar-refractivity contribution in [3.05, 3.63) is 23.3 Å². The molecule has 0 radical (unpaired) electrons. The summed E-state index contributed by atoms with van der Waals surface area (Å²) in [6.45, 7) is 0.847. The molecule has 0 spiro atoms. The molecule has 88 valence electrons. The second-order valence-electron chi connectivity index (χ2n) is 3.35. The summed E-state index contributed by atoms with van der Waals surface area (Å²) >= 11 is 0. The van der Waals surface area contributed by atoms with Crippen molar-refractivity contribution in [2.24, 2.45) is 0 Å². The van der Waals surface area contributed by atoms with E-state index in [0.717, 1.165) is 24.8 Å². The number of ether oxygens (including phenoxy) is 2. The molecule has 0 saturated carbocycles. The van der Waals surface area contributed by atoms with Crippen molar-refractivity contribution in [3.8, 4) is 11.5 Å². The Kier molecular flexibility index (Phi) is 4.79. The number of benzene rings is 1. The van der Waals surface area contributed by atoms with Gasteiger partial charge < -0.3 is 14.8 Å². The highest BCUT2D eigenvalue weighted by atomic mass is 16.5. The molecule has 0 aliphatic rings. The monoisotopic (exact) mass is 223 g/mol. The number of hydrogen-bond acceptors (Lipinski definition) is 4. The van der Waals surface area contributed by atoms with Crippen LogP contribution in [0.2, 0.25) is 0 Å². The minimum atomic E-state index is 0.506. The molecule has 0 amide bonds. The second-order valence-corrected chi connectivity index (χ2v) is 3.35. The molecule has 16 heavy (non-hydrogen) atoms. The highest BCUT2D eigenvalue weighted by molar-refractivity contribution is 5.81. The van der Waals surface area contributed by atoms with Gasteiger partial charge in [-0.2, -0.15) is 0 Å². The van der Waals surface area contributed by atoms with Crippen LogP contribution in [-0.2, 0) is 6.42 Å². The molecule has 0 unspecified atom stereocenters. The molecule has 0 heterocycles. The van der Waals surface area contributed by atoms with E-state index in [9.17, 15) is 4.79 Å². The fraction of sp³-hybridized carbons (Fsp3) is 0.417. The fourth-order valence-electron chi connectivity index (χ4n) is 1.60. The number of methoxy groups -OCH3 is 2. The van der Waals surface area contributed by atoms with Crippen LogP contribution in [0.15, 0.2) is 12.1 Å². The maximum absolute atomic E-state index is 10.8. The molecule has 0 aromatic heterocycles. The number of aldehydes is 1. The smallest absolute Gasteiger partial charge is 0.171 e. The van der Waals surface area contributed by atoms with Gasteiger partial charge in [-0.05, 0) is 31.6 Å². The highest BCUT2D eigenvalue weighted by Crippen LogP contribution is 2.34. The lowest BCUT2D eigenvalue weighted by atomic mass is 10.1. The number of nitrogens with one attached hydrogen (secondary N) is 1. The van der Waals surface area contributed by atoms with E-state index < -0.39 is 0 Å². The molecular weight excluding hydrogens is 206 g/mol. The summed E-state index contributed by atoms with van der Waals surface area (Å²) in [5.74, 6) is 1.15. The standard InChI is InChI=1S/C12H17NO3/c1-13-7-6-9-4-5-10(8-14)12(16-3)11(9)15-2/h4-5,8,13H,6-7H2,1-3H3. The Morgan fingerprint density at radius 1 is 1.25 bits per heavy atom. The molecule has 4 nitrogen and oxygen atoms in total. The van der Waals surface area contributed by atoms with Gasteiger partial charge in [0.05, 0.1) is 19.8 Å². The normalized spacial score (nSPS) is 9.94. The number of hydrogen-bond donors (Lipinski definition) is 1. The average Bonchev–Trinajstić information content (AvgIpc) is 2.34. The highest BCUT2D eigenvalue weighted by Gasteiger charge is 2.13. The number of rotatable bonds is 6. The van der Waals surface area contributed by atoms with Crippen LogP contribution in [-0.4, -0.2) is 34.1 Å². The second kappa shape index (κ2) is 6.12. The largest absolute Gasteiger partial charge is 0.493 e. The van der Waals surface area contributed by atoms with E-state index in [1.54, 1.807) is 13.2 Å². The average molecular weight is 223 g/mol. The molecule has 0 atom stereocenters. The number of carbonyl (C=O) groups is 1. The van der Waals surface area contributed by atoms with Crippen molar-refractivity contribution < 1.29 is 14.3 Å². The first-order chi connectivity index (χ1) is 7.78. The van der Waals surface area contributed by atoms with Gasteiger partial charge in [0, 0.05) is 0 Å². The lowest BCUT2D eigenvalue weighted by molar-refractivity contribution is 0.112. The van der Waals surface area contributed by atoms with Crippen molar-refractivity contribution in [2.45, 2.75) is 6.42 Å². The lowest BCUT2D eigenvalue weighted by Gasteiger charge is -2.14. The first kappa shape index (κ1) is 12.5. The number of likely N-dealkylation sites (N-methyl/N-ethyl adjacent to an activating group) is 1. The van der Waals surface area contributed by atoms with E-state index in [1.165, 1.54) is 7.11 Å².